The fraction of sp³-hybridized carbons (Fsp3) is 0.200. The second kappa shape index (κ2) is 21.4. The second-order valence-corrected chi connectivity index (χ2v) is 16.6. The van der Waals surface area contributed by atoms with Crippen molar-refractivity contribution in [3.05, 3.63) is 158 Å². The molecule has 14 heteroatoms. The zero-order chi connectivity index (χ0) is 47.5. The maximum Gasteiger partial charge on any atom is 0.309 e. The van der Waals surface area contributed by atoms with Crippen LogP contribution in [0.25, 0.3) is 68.3 Å². The summed E-state index contributed by atoms with van der Waals surface area (Å²) in [7, 11) is 0. The van der Waals surface area contributed by atoms with Gasteiger partial charge in [0.1, 0.15) is 49.4 Å². The quantitative estimate of drug-likeness (QED) is 0.0688. The largest absolute Gasteiger partial charge is 0.507 e. The number of aromatic nitrogens is 6. The van der Waals surface area contributed by atoms with E-state index in [1.54, 1.807) is 24.3 Å². The highest BCUT2D eigenvalue weighted by atomic mass is 16.6. The standard InChI is InChI=1S/C55H48N6O8/c1-35-22-25-42(54(64)68-30-28-66-40-23-26-43(46(62)33-40)52-58-48(36-14-6-2-7-15-36)56-49(59-52)37-16-8-3-9-17-37)45(32-35)55(65)69-31-29-67-41-24-27-44(47(63)34-41)53-60-50(38-18-10-4-11-19-38)57-51(61-53)39-20-12-5-13-21-39/h2-21,23-24,26-27,33-35,42,45,62-63H,22,25,28-32H2,1H3. The Morgan fingerprint density at radius 3 is 1.16 bits per heavy atom. The van der Waals surface area contributed by atoms with E-state index in [2.05, 4.69) is 19.9 Å². The van der Waals surface area contributed by atoms with Gasteiger partial charge >= 0.3 is 11.9 Å². The van der Waals surface area contributed by atoms with E-state index in [4.69, 9.17) is 28.9 Å². The summed E-state index contributed by atoms with van der Waals surface area (Å²) in [4.78, 5) is 55.0. The van der Waals surface area contributed by atoms with E-state index in [1.165, 1.54) is 12.1 Å². The van der Waals surface area contributed by atoms with Gasteiger partial charge in [0, 0.05) is 34.4 Å². The minimum absolute atomic E-state index is 0.0108. The SMILES string of the molecule is CC1CCC(C(=O)OCCOc2ccc(-c3nc(-c4ccccc4)nc(-c4ccccc4)n3)c(O)c2)C(C(=O)OCCOc2ccc(-c3nc(-c4ccccc4)nc(-c4ccccc4)n3)c(O)c2)C1. The summed E-state index contributed by atoms with van der Waals surface area (Å²) in [5.41, 5.74) is 4.00. The number of esters is 2. The van der Waals surface area contributed by atoms with E-state index in [-0.39, 0.29) is 43.8 Å². The molecule has 0 spiro atoms. The lowest BCUT2D eigenvalue weighted by Crippen LogP contribution is -2.38. The molecule has 3 unspecified atom stereocenters. The van der Waals surface area contributed by atoms with Crippen LogP contribution < -0.4 is 9.47 Å². The molecule has 1 aliphatic carbocycles. The smallest absolute Gasteiger partial charge is 0.309 e. The molecule has 0 aliphatic heterocycles. The van der Waals surface area contributed by atoms with Crippen molar-refractivity contribution in [2.45, 2.75) is 26.2 Å². The molecule has 0 amide bonds. The predicted molar refractivity (Wildman–Crippen MR) is 259 cm³/mol. The first-order valence-corrected chi connectivity index (χ1v) is 22.7. The normalized spacial score (nSPS) is 15.5. The van der Waals surface area contributed by atoms with E-state index < -0.39 is 23.8 Å². The number of ether oxygens (including phenoxy) is 4. The zero-order valence-corrected chi connectivity index (χ0v) is 37.7. The van der Waals surface area contributed by atoms with Gasteiger partial charge in [-0.25, -0.2) is 29.9 Å². The van der Waals surface area contributed by atoms with Gasteiger partial charge in [-0.2, -0.15) is 0 Å². The molecule has 9 rings (SSSR count). The molecule has 2 heterocycles. The molecule has 0 bridgehead atoms. The first kappa shape index (κ1) is 45.6. The summed E-state index contributed by atoms with van der Waals surface area (Å²) in [6.45, 7) is 1.92. The first-order chi connectivity index (χ1) is 33.8. The molecule has 1 aliphatic rings. The molecule has 346 valence electrons. The van der Waals surface area contributed by atoms with E-state index in [0.717, 1.165) is 28.7 Å². The number of benzene rings is 6. The third-order valence-electron chi connectivity index (χ3n) is 11.7. The Morgan fingerprint density at radius 2 is 0.797 bits per heavy atom. The van der Waals surface area contributed by atoms with Gasteiger partial charge in [0.25, 0.3) is 0 Å². The molecule has 2 N–H and O–H groups in total. The highest BCUT2D eigenvalue weighted by molar-refractivity contribution is 5.82. The van der Waals surface area contributed by atoms with Crippen molar-refractivity contribution in [3.8, 4) is 91.3 Å². The van der Waals surface area contributed by atoms with Gasteiger partial charge in [-0.3, -0.25) is 9.59 Å². The molecular weight excluding hydrogens is 873 g/mol. The summed E-state index contributed by atoms with van der Waals surface area (Å²) >= 11 is 0. The first-order valence-electron chi connectivity index (χ1n) is 22.7. The van der Waals surface area contributed by atoms with Gasteiger partial charge < -0.3 is 29.2 Å². The monoisotopic (exact) mass is 920 g/mol. The van der Waals surface area contributed by atoms with Crippen LogP contribution in [0.4, 0.5) is 0 Å². The van der Waals surface area contributed by atoms with Crippen molar-refractivity contribution in [1.82, 2.24) is 29.9 Å². The molecule has 6 aromatic carbocycles. The van der Waals surface area contributed by atoms with E-state index >= 15 is 0 Å². The van der Waals surface area contributed by atoms with Crippen molar-refractivity contribution >= 4 is 11.9 Å². The Bertz CT molecular complexity index is 2920. The van der Waals surface area contributed by atoms with Crippen LogP contribution in [0, 0.1) is 17.8 Å². The summed E-state index contributed by atoms with van der Waals surface area (Å²) in [5, 5.41) is 22.3. The maximum atomic E-state index is 13.4. The molecule has 3 atom stereocenters. The van der Waals surface area contributed by atoms with Gasteiger partial charge in [0.05, 0.1) is 23.0 Å². The maximum absolute atomic E-state index is 13.4. The lowest BCUT2D eigenvalue weighted by Gasteiger charge is -2.31. The van der Waals surface area contributed by atoms with Crippen LogP contribution in [0.5, 0.6) is 23.0 Å². The fourth-order valence-corrected chi connectivity index (χ4v) is 8.18. The second-order valence-electron chi connectivity index (χ2n) is 16.6. The minimum atomic E-state index is -0.683. The van der Waals surface area contributed by atoms with Gasteiger partial charge in [0.2, 0.25) is 0 Å². The van der Waals surface area contributed by atoms with Gasteiger partial charge in [0.15, 0.2) is 34.9 Å². The minimum Gasteiger partial charge on any atom is -0.507 e. The molecule has 0 radical (unpaired) electrons. The van der Waals surface area contributed by atoms with Crippen LogP contribution in [0.1, 0.15) is 26.2 Å². The number of phenolic OH excluding ortho intramolecular Hbond substituents is 2. The van der Waals surface area contributed by atoms with Gasteiger partial charge in [-0.05, 0) is 49.4 Å². The molecule has 2 aromatic heterocycles. The Kier molecular flexibility index (Phi) is 14.2. The van der Waals surface area contributed by atoms with Crippen molar-refractivity contribution in [1.29, 1.82) is 0 Å². The van der Waals surface area contributed by atoms with Gasteiger partial charge in [-0.1, -0.05) is 128 Å². The third-order valence-corrected chi connectivity index (χ3v) is 11.7. The molecule has 69 heavy (non-hydrogen) atoms. The number of nitrogens with zero attached hydrogens (tertiary/aromatic N) is 6. The topological polar surface area (TPSA) is 189 Å². The van der Waals surface area contributed by atoms with E-state index in [0.29, 0.717) is 70.4 Å². The Labute approximate surface area is 398 Å². The summed E-state index contributed by atoms with van der Waals surface area (Å²) in [6, 6.07) is 47.8. The highest BCUT2D eigenvalue weighted by Gasteiger charge is 2.40. The number of carbonyl (C=O) groups is 2. The van der Waals surface area contributed by atoms with Gasteiger partial charge in [-0.15, -0.1) is 0 Å². The number of rotatable bonds is 16. The van der Waals surface area contributed by atoms with Crippen LogP contribution in [-0.4, -0.2) is 78.5 Å². The average Bonchev–Trinajstić information content (AvgIpc) is 3.39. The van der Waals surface area contributed by atoms with Crippen LogP contribution in [-0.2, 0) is 19.1 Å². The Balaban J connectivity index is 0.775. The molecule has 0 saturated heterocycles. The van der Waals surface area contributed by atoms with E-state index in [1.807, 2.05) is 128 Å². The van der Waals surface area contributed by atoms with E-state index in [9.17, 15) is 19.8 Å². The number of carbonyl (C=O) groups excluding carboxylic acids is 2. The molecule has 14 nitrogen and oxygen atoms in total. The predicted octanol–water partition coefficient (Wildman–Crippen LogP) is 10.1. The fourth-order valence-electron chi connectivity index (χ4n) is 8.18. The molecular formula is C55H48N6O8. The third kappa shape index (κ3) is 11.2. The number of phenols is 2. The van der Waals surface area contributed by atoms with Crippen molar-refractivity contribution in [3.63, 3.8) is 0 Å². The Morgan fingerprint density at radius 1 is 0.449 bits per heavy atom. The van der Waals surface area contributed by atoms with Crippen LogP contribution in [0.2, 0.25) is 0 Å². The van der Waals surface area contributed by atoms with Crippen molar-refractivity contribution < 1.29 is 38.7 Å². The van der Waals surface area contributed by atoms with Crippen LogP contribution in [0.15, 0.2) is 158 Å². The highest BCUT2D eigenvalue weighted by Crippen LogP contribution is 2.37. The molecule has 1 fully saturated rings. The lowest BCUT2D eigenvalue weighted by molar-refractivity contribution is -0.164. The van der Waals surface area contributed by atoms with Crippen LogP contribution in [0.3, 0.4) is 0 Å². The van der Waals surface area contributed by atoms with Crippen LogP contribution >= 0.6 is 0 Å². The number of aromatic hydroxyl groups is 2. The summed E-state index contributed by atoms with van der Waals surface area (Å²) < 4.78 is 23.0. The number of hydrogen-bond acceptors (Lipinski definition) is 14. The summed E-state index contributed by atoms with van der Waals surface area (Å²) in [5.74, 6) is 0.818. The average molecular weight is 921 g/mol. The van der Waals surface area contributed by atoms with Crippen molar-refractivity contribution in [2.24, 2.45) is 17.8 Å². The molecule has 8 aromatic rings. The molecule has 1 saturated carbocycles. The van der Waals surface area contributed by atoms with Crippen molar-refractivity contribution in [2.75, 3.05) is 26.4 Å². The lowest BCUT2D eigenvalue weighted by atomic mass is 9.74. The Hall–Kier alpha value is -8.52. The summed E-state index contributed by atoms with van der Waals surface area (Å²) in [6.07, 6.45) is 1.72. The number of hydrogen-bond donors (Lipinski definition) is 2. The zero-order valence-electron chi connectivity index (χ0n) is 37.7.